The molecule has 0 saturated heterocycles. The fraction of sp³-hybridized carbons (Fsp3) is 0.600. The van der Waals surface area contributed by atoms with Gasteiger partial charge in [0, 0.05) is 17.6 Å². The maximum atomic E-state index is 10.5. The molecule has 2 unspecified atom stereocenters. The minimum absolute atomic E-state index is 0.526. The Morgan fingerprint density at radius 2 is 2.32 bits per heavy atom. The van der Waals surface area contributed by atoms with Gasteiger partial charge in [-0.2, -0.15) is 0 Å². The van der Waals surface area contributed by atoms with E-state index in [0.717, 1.165) is 35.3 Å². The molecule has 0 aromatic heterocycles. The molecular weight excluding hydrogens is 326 g/mol. The lowest BCUT2D eigenvalue weighted by molar-refractivity contribution is -0.0119. The van der Waals surface area contributed by atoms with E-state index in [1.807, 2.05) is 18.2 Å². The standard InChI is InChI=1S/C15H21BrClNO/c1-11-3-2-6-15(19,8-11)10-18-9-12-4-5-14(17)13(16)7-12/h4-5,7,11,18-19H,2-3,6,8-10H2,1H3. The smallest absolute Gasteiger partial charge is 0.0774 e. The number of benzene rings is 1. The first-order chi connectivity index (χ1) is 8.98. The van der Waals surface area contributed by atoms with Gasteiger partial charge in [-0.15, -0.1) is 0 Å². The van der Waals surface area contributed by atoms with Crippen LogP contribution in [0.25, 0.3) is 0 Å². The van der Waals surface area contributed by atoms with Crippen LogP contribution in [0.5, 0.6) is 0 Å². The van der Waals surface area contributed by atoms with Crippen molar-refractivity contribution in [1.29, 1.82) is 0 Å². The van der Waals surface area contributed by atoms with Crippen molar-refractivity contribution >= 4 is 27.5 Å². The molecule has 106 valence electrons. The van der Waals surface area contributed by atoms with Gasteiger partial charge in [0.1, 0.15) is 0 Å². The second kappa shape index (κ2) is 6.57. The van der Waals surface area contributed by atoms with E-state index < -0.39 is 5.60 Å². The first kappa shape index (κ1) is 15.3. The summed E-state index contributed by atoms with van der Waals surface area (Å²) in [4.78, 5) is 0. The zero-order valence-corrected chi connectivity index (χ0v) is 13.6. The third kappa shape index (κ3) is 4.45. The second-order valence-corrected chi connectivity index (χ2v) is 7.04. The Kier molecular flexibility index (Phi) is 5.29. The summed E-state index contributed by atoms with van der Waals surface area (Å²) in [6.07, 6.45) is 4.19. The Bertz CT molecular complexity index is 440. The van der Waals surface area contributed by atoms with Gasteiger partial charge in [-0.1, -0.05) is 37.4 Å². The molecular formula is C15H21BrClNO. The predicted octanol–water partition coefficient (Wildman–Crippen LogP) is 4.13. The minimum atomic E-state index is -0.526. The van der Waals surface area contributed by atoms with Gasteiger partial charge >= 0.3 is 0 Å². The van der Waals surface area contributed by atoms with Crippen LogP contribution in [0.1, 0.15) is 38.2 Å². The third-order valence-corrected chi connectivity index (χ3v) is 5.05. The Hall–Kier alpha value is -0.0900. The van der Waals surface area contributed by atoms with Gasteiger partial charge in [0.2, 0.25) is 0 Å². The molecule has 0 radical (unpaired) electrons. The first-order valence-corrected chi connectivity index (χ1v) is 8.03. The van der Waals surface area contributed by atoms with Crippen LogP contribution in [0.3, 0.4) is 0 Å². The molecule has 19 heavy (non-hydrogen) atoms. The maximum absolute atomic E-state index is 10.5. The zero-order valence-electron chi connectivity index (χ0n) is 11.3. The van der Waals surface area contributed by atoms with Gasteiger partial charge in [0.15, 0.2) is 0 Å². The SMILES string of the molecule is CC1CCCC(O)(CNCc2ccc(Cl)c(Br)c2)C1. The van der Waals surface area contributed by atoms with Crippen molar-refractivity contribution in [3.8, 4) is 0 Å². The molecule has 2 nitrogen and oxygen atoms in total. The van der Waals surface area contributed by atoms with Crippen LogP contribution in [0.2, 0.25) is 5.02 Å². The minimum Gasteiger partial charge on any atom is -0.389 e. The number of hydrogen-bond acceptors (Lipinski definition) is 2. The van der Waals surface area contributed by atoms with Crippen LogP contribution in [-0.4, -0.2) is 17.3 Å². The molecule has 0 aliphatic heterocycles. The van der Waals surface area contributed by atoms with Crippen molar-refractivity contribution in [2.24, 2.45) is 5.92 Å². The highest BCUT2D eigenvalue weighted by Crippen LogP contribution is 2.31. The lowest BCUT2D eigenvalue weighted by Crippen LogP contribution is -2.43. The largest absolute Gasteiger partial charge is 0.389 e. The monoisotopic (exact) mass is 345 g/mol. The molecule has 4 heteroatoms. The first-order valence-electron chi connectivity index (χ1n) is 6.85. The summed E-state index contributed by atoms with van der Waals surface area (Å²) in [7, 11) is 0. The summed E-state index contributed by atoms with van der Waals surface area (Å²) in [5.74, 6) is 0.630. The van der Waals surface area contributed by atoms with E-state index in [1.165, 1.54) is 12.0 Å². The Morgan fingerprint density at radius 1 is 1.53 bits per heavy atom. The lowest BCUT2D eigenvalue weighted by Gasteiger charge is -2.35. The fourth-order valence-electron chi connectivity index (χ4n) is 2.88. The zero-order chi connectivity index (χ0) is 13.9. The van der Waals surface area contributed by atoms with Crippen LogP contribution in [0.15, 0.2) is 22.7 Å². The van der Waals surface area contributed by atoms with Crippen molar-refractivity contribution in [2.75, 3.05) is 6.54 Å². The van der Waals surface area contributed by atoms with E-state index in [9.17, 15) is 5.11 Å². The molecule has 2 rings (SSSR count). The van der Waals surface area contributed by atoms with Crippen LogP contribution < -0.4 is 5.32 Å². The number of hydrogen-bond donors (Lipinski definition) is 2. The highest BCUT2D eigenvalue weighted by atomic mass is 79.9. The summed E-state index contributed by atoms with van der Waals surface area (Å²) in [6.45, 7) is 3.64. The molecule has 1 fully saturated rings. The van der Waals surface area contributed by atoms with Crippen LogP contribution in [-0.2, 0) is 6.54 Å². The van der Waals surface area contributed by atoms with Gasteiger partial charge in [0.25, 0.3) is 0 Å². The van der Waals surface area contributed by atoms with E-state index in [-0.39, 0.29) is 0 Å². The normalized spacial score (nSPS) is 27.5. The van der Waals surface area contributed by atoms with Gasteiger partial charge in [-0.05, 0) is 52.4 Å². The summed E-state index contributed by atoms with van der Waals surface area (Å²) >= 11 is 9.39. The molecule has 1 saturated carbocycles. The van der Waals surface area contributed by atoms with Crippen LogP contribution in [0, 0.1) is 5.92 Å². The topological polar surface area (TPSA) is 32.3 Å². The van der Waals surface area contributed by atoms with E-state index >= 15 is 0 Å². The van der Waals surface area contributed by atoms with Crippen molar-refractivity contribution in [3.05, 3.63) is 33.3 Å². The number of aliphatic hydroxyl groups is 1. The molecule has 0 spiro atoms. The number of nitrogens with one attached hydrogen (secondary N) is 1. The molecule has 1 aliphatic rings. The van der Waals surface area contributed by atoms with Gasteiger partial charge < -0.3 is 10.4 Å². The van der Waals surface area contributed by atoms with E-state index in [4.69, 9.17) is 11.6 Å². The maximum Gasteiger partial charge on any atom is 0.0774 e. The van der Waals surface area contributed by atoms with E-state index in [0.29, 0.717) is 12.5 Å². The van der Waals surface area contributed by atoms with Gasteiger partial charge in [0.05, 0.1) is 10.6 Å². The van der Waals surface area contributed by atoms with Crippen molar-refractivity contribution in [1.82, 2.24) is 5.32 Å². The molecule has 0 bridgehead atoms. The molecule has 1 aliphatic carbocycles. The number of halogens is 2. The van der Waals surface area contributed by atoms with Crippen molar-refractivity contribution < 1.29 is 5.11 Å². The Morgan fingerprint density at radius 3 is 3.00 bits per heavy atom. The molecule has 2 N–H and O–H groups in total. The molecule has 0 heterocycles. The molecule has 1 aromatic rings. The third-order valence-electron chi connectivity index (χ3n) is 3.83. The predicted molar refractivity (Wildman–Crippen MR) is 83.4 cm³/mol. The summed E-state index contributed by atoms with van der Waals surface area (Å²) in [5.41, 5.74) is 0.644. The average Bonchev–Trinajstić information content (AvgIpc) is 2.33. The van der Waals surface area contributed by atoms with E-state index in [2.05, 4.69) is 28.2 Å². The van der Waals surface area contributed by atoms with Crippen LogP contribution >= 0.6 is 27.5 Å². The van der Waals surface area contributed by atoms with Gasteiger partial charge in [-0.25, -0.2) is 0 Å². The molecule has 0 amide bonds. The van der Waals surface area contributed by atoms with Crippen molar-refractivity contribution in [2.45, 2.75) is 44.8 Å². The summed E-state index contributed by atoms with van der Waals surface area (Å²) in [6, 6.07) is 5.91. The highest BCUT2D eigenvalue weighted by Gasteiger charge is 2.31. The van der Waals surface area contributed by atoms with E-state index in [1.54, 1.807) is 0 Å². The summed E-state index contributed by atoms with van der Waals surface area (Å²) < 4.78 is 0.915. The highest BCUT2D eigenvalue weighted by molar-refractivity contribution is 9.10. The number of rotatable bonds is 4. The second-order valence-electron chi connectivity index (χ2n) is 5.78. The Balaban J connectivity index is 1.84. The quantitative estimate of drug-likeness (QED) is 0.859. The summed E-state index contributed by atoms with van der Waals surface area (Å²) in [5, 5.41) is 14.6. The van der Waals surface area contributed by atoms with Crippen molar-refractivity contribution in [3.63, 3.8) is 0 Å². The molecule has 1 aromatic carbocycles. The molecule has 2 atom stereocenters. The average molecular weight is 347 g/mol. The van der Waals surface area contributed by atoms with Crippen LogP contribution in [0.4, 0.5) is 0 Å². The fourth-order valence-corrected chi connectivity index (χ4v) is 3.43. The lowest BCUT2D eigenvalue weighted by atomic mass is 9.79. The van der Waals surface area contributed by atoms with Gasteiger partial charge in [-0.3, -0.25) is 0 Å². The Labute approximate surface area is 128 Å².